The van der Waals surface area contributed by atoms with Crippen molar-refractivity contribution in [2.24, 2.45) is 0 Å². The second-order valence-electron chi connectivity index (χ2n) is 6.49. The third-order valence-corrected chi connectivity index (χ3v) is 6.08. The molecule has 2 aromatic rings. The Bertz CT molecular complexity index is 668. The predicted molar refractivity (Wildman–Crippen MR) is 99.6 cm³/mol. The number of benzene rings is 2. The zero-order chi connectivity index (χ0) is 16.2. The molecule has 24 heavy (non-hydrogen) atoms. The van der Waals surface area contributed by atoms with E-state index in [2.05, 4.69) is 58.7 Å². The average Bonchev–Trinajstić information content (AvgIpc) is 2.67. The maximum atomic E-state index is 5.43. The molecule has 2 aromatic carbocycles. The number of morpholine rings is 1. The number of hydrogen-bond donors (Lipinski definition) is 1. The number of hydrogen-bond acceptors (Lipinski definition) is 3. The van der Waals surface area contributed by atoms with Crippen LogP contribution in [0.4, 0.5) is 5.69 Å². The largest absolute Gasteiger partial charge is 0.378 e. The number of rotatable bonds is 4. The molecular formula is C20H25N2OS+. The fourth-order valence-corrected chi connectivity index (χ4v) is 4.71. The minimum absolute atomic E-state index is 0.598. The van der Waals surface area contributed by atoms with Gasteiger partial charge in [-0.2, -0.15) is 0 Å². The van der Waals surface area contributed by atoms with Gasteiger partial charge in [0.15, 0.2) is 0 Å². The van der Waals surface area contributed by atoms with E-state index in [1.165, 1.54) is 33.9 Å². The van der Waals surface area contributed by atoms with E-state index in [1.54, 1.807) is 0 Å². The zero-order valence-electron chi connectivity index (χ0n) is 14.0. The minimum Gasteiger partial charge on any atom is -0.378 e. The van der Waals surface area contributed by atoms with Gasteiger partial charge in [-0.05, 0) is 18.2 Å². The monoisotopic (exact) mass is 341 g/mol. The first-order chi connectivity index (χ1) is 11.9. The van der Waals surface area contributed by atoms with Crippen LogP contribution < -0.4 is 10.2 Å². The third-order valence-electron chi connectivity index (χ3n) is 4.96. The molecule has 0 unspecified atom stereocenters. The van der Waals surface area contributed by atoms with Crippen LogP contribution in [0.15, 0.2) is 53.4 Å². The molecule has 4 heteroatoms. The van der Waals surface area contributed by atoms with Crippen LogP contribution in [0.2, 0.25) is 0 Å². The molecular weight excluding hydrogens is 316 g/mol. The van der Waals surface area contributed by atoms with Crippen molar-refractivity contribution >= 4 is 17.4 Å². The molecule has 126 valence electrons. The van der Waals surface area contributed by atoms with Crippen molar-refractivity contribution in [3.8, 4) is 0 Å². The SMILES string of the molecule is c1ccc2c(c1)SCC[C@H]2[NH2+]Cc1ccc(N2CCOCC2)cc1. The average molecular weight is 342 g/mol. The van der Waals surface area contributed by atoms with Crippen LogP contribution in [-0.4, -0.2) is 32.1 Å². The normalized spacial score (nSPS) is 20.7. The van der Waals surface area contributed by atoms with Gasteiger partial charge >= 0.3 is 0 Å². The molecule has 1 fully saturated rings. The van der Waals surface area contributed by atoms with Gasteiger partial charge in [0.25, 0.3) is 0 Å². The van der Waals surface area contributed by atoms with E-state index >= 15 is 0 Å². The van der Waals surface area contributed by atoms with Crippen LogP contribution in [0, 0.1) is 0 Å². The highest BCUT2D eigenvalue weighted by molar-refractivity contribution is 7.99. The van der Waals surface area contributed by atoms with Gasteiger partial charge in [0.05, 0.1) is 13.2 Å². The minimum atomic E-state index is 0.598. The van der Waals surface area contributed by atoms with E-state index in [0.29, 0.717) is 6.04 Å². The topological polar surface area (TPSA) is 29.1 Å². The van der Waals surface area contributed by atoms with Crippen LogP contribution in [0.5, 0.6) is 0 Å². The summed E-state index contributed by atoms with van der Waals surface area (Å²) in [6.45, 7) is 4.74. The van der Waals surface area contributed by atoms with Crippen LogP contribution in [0.3, 0.4) is 0 Å². The zero-order valence-corrected chi connectivity index (χ0v) is 14.8. The molecule has 1 atom stereocenters. The third kappa shape index (κ3) is 3.61. The maximum Gasteiger partial charge on any atom is 0.114 e. The lowest BCUT2D eigenvalue weighted by Gasteiger charge is -2.29. The van der Waals surface area contributed by atoms with Crippen LogP contribution in [-0.2, 0) is 11.3 Å². The maximum absolute atomic E-state index is 5.43. The van der Waals surface area contributed by atoms with Gasteiger partial charge in [-0.25, -0.2) is 0 Å². The molecule has 2 aliphatic heterocycles. The molecule has 3 nitrogen and oxygen atoms in total. The fraction of sp³-hybridized carbons (Fsp3) is 0.400. The number of nitrogens with two attached hydrogens (primary N) is 1. The molecule has 0 radical (unpaired) electrons. The lowest BCUT2D eigenvalue weighted by Crippen LogP contribution is -2.84. The van der Waals surface area contributed by atoms with Crippen molar-refractivity contribution < 1.29 is 10.1 Å². The van der Waals surface area contributed by atoms with Crippen molar-refractivity contribution in [1.29, 1.82) is 0 Å². The highest BCUT2D eigenvalue weighted by Gasteiger charge is 2.22. The van der Waals surface area contributed by atoms with Gasteiger partial charge in [-0.3, -0.25) is 0 Å². The molecule has 0 aliphatic carbocycles. The number of ether oxygens (including phenoxy) is 1. The number of thioether (sulfide) groups is 1. The Morgan fingerprint density at radius 3 is 2.67 bits per heavy atom. The summed E-state index contributed by atoms with van der Waals surface area (Å²) in [4.78, 5) is 3.87. The molecule has 0 amide bonds. The Kier molecular flexibility index (Phi) is 5.07. The Balaban J connectivity index is 1.38. The van der Waals surface area contributed by atoms with E-state index in [9.17, 15) is 0 Å². The van der Waals surface area contributed by atoms with Crippen LogP contribution in [0.25, 0.3) is 0 Å². The van der Waals surface area contributed by atoms with Gasteiger partial charge < -0.3 is 15.0 Å². The number of nitrogens with zero attached hydrogens (tertiary/aromatic N) is 1. The van der Waals surface area contributed by atoms with Gasteiger partial charge in [0.2, 0.25) is 0 Å². The molecule has 2 heterocycles. The van der Waals surface area contributed by atoms with Gasteiger partial charge in [0, 0.05) is 47.0 Å². The van der Waals surface area contributed by atoms with Gasteiger partial charge in [-0.1, -0.05) is 30.3 Å². The Morgan fingerprint density at radius 2 is 1.83 bits per heavy atom. The first-order valence-electron chi connectivity index (χ1n) is 8.87. The van der Waals surface area contributed by atoms with E-state index in [1.807, 2.05) is 11.8 Å². The molecule has 2 N–H and O–H groups in total. The molecule has 4 rings (SSSR count). The number of quaternary nitrogens is 1. The van der Waals surface area contributed by atoms with Crippen molar-refractivity contribution in [2.45, 2.75) is 23.9 Å². The first kappa shape index (κ1) is 16.0. The van der Waals surface area contributed by atoms with Crippen molar-refractivity contribution in [2.75, 3.05) is 37.0 Å². The van der Waals surface area contributed by atoms with Crippen LogP contribution >= 0.6 is 11.8 Å². The van der Waals surface area contributed by atoms with E-state index in [4.69, 9.17) is 4.74 Å². The summed E-state index contributed by atoms with van der Waals surface area (Å²) in [5.74, 6) is 1.23. The van der Waals surface area contributed by atoms with E-state index in [0.717, 1.165) is 32.8 Å². The Labute approximate surface area is 148 Å². The lowest BCUT2D eigenvalue weighted by molar-refractivity contribution is -0.711. The number of fused-ring (bicyclic) bond motifs is 1. The molecule has 0 spiro atoms. The summed E-state index contributed by atoms with van der Waals surface area (Å²) >= 11 is 2.00. The highest BCUT2D eigenvalue weighted by atomic mass is 32.2. The van der Waals surface area contributed by atoms with Gasteiger partial charge in [0.1, 0.15) is 12.6 Å². The molecule has 0 saturated carbocycles. The quantitative estimate of drug-likeness (QED) is 0.927. The predicted octanol–water partition coefficient (Wildman–Crippen LogP) is 2.82. The highest BCUT2D eigenvalue weighted by Crippen LogP contribution is 2.33. The molecule has 2 aliphatic rings. The summed E-state index contributed by atoms with van der Waals surface area (Å²) in [6.07, 6.45) is 1.26. The lowest BCUT2D eigenvalue weighted by atomic mass is 10.0. The second-order valence-corrected chi connectivity index (χ2v) is 7.62. The molecule has 1 saturated heterocycles. The van der Waals surface area contributed by atoms with E-state index in [-0.39, 0.29) is 0 Å². The van der Waals surface area contributed by atoms with Gasteiger partial charge in [-0.15, -0.1) is 11.8 Å². The summed E-state index contributed by atoms with van der Waals surface area (Å²) < 4.78 is 5.43. The summed E-state index contributed by atoms with van der Waals surface area (Å²) in [7, 11) is 0. The second kappa shape index (κ2) is 7.60. The Hall–Kier alpha value is -1.49. The standard InChI is InChI=1S/C20H24N2OS/c1-2-4-20-18(3-1)19(9-14-24-20)21-15-16-5-7-17(8-6-16)22-10-12-23-13-11-22/h1-8,19,21H,9-15H2/p+1/t19-/m1/s1. The Morgan fingerprint density at radius 1 is 1.04 bits per heavy atom. The first-order valence-corrected chi connectivity index (χ1v) is 9.85. The van der Waals surface area contributed by atoms with E-state index < -0.39 is 0 Å². The van der Waals surface area contributed by atoms with Crippen molar-refractivity contribution in [1.82, 2.24) is 0 Å². The molecule has 0 aromatic heterocycles. The summed E-state index contributed by atoms with van der Waals surface area (Å²) in [5, 5.41) is 2.50. The fourth-order valence-electron chi connectivity index (χ4n) is 3.56. The van der Waals surface area contributed by atoms with Crippen molar-refractivity contribution in [3.63, 3.8) is 0 Å². The summed E-state index contributed by atoms with van der Waals surface area (Å²) in [5.41, 5.74) is 4.24. The van der Waals surface area contributed by atoms with Crippen LogP contribution in [0.1, 0.15) is 23.6 Å². The number of anilines is 1. The summed E-state index contributed by atoms with van der Waals surface area (Å²) in [6, 6.07) is 18.6. The molecule has 0 bridgehead atoms. The van der Waals surface area contributed by atoms with Crippen molar-refractivity contribution in [3.05, 3.63) is 59.7 Å². The smallest absolute Gasteiger partial charge is 0.114 e.